The fraction of sp³-hybridized carbons (Fsp3) is 0.692. The second kappa shape index (κ2) is 7.42. The van der Waals surface area contributed by atoms with E-state index in [1.807, 2.05) is 0 Å². The maximum atomic E-state index is 11.5. The highest BCUT2D eigenvalue weighted by Crippen LogP contribution is 2.22. The molecule has 1 atom stereocenters. The van der Waals surface area contributed by atoms with Gasteiger partial charge < -0.3 is 10.4 Å². The van der Waals surface area contributed by atoms with E-state index in [4.69, 9.17) is 5.11 Å². The Labute approximate surface area is 122 Å². The first-order valence-corrected chi connectivity index (χ1v) is 7.86. The number of carboxylic acid groups (broad SMARTS) is 1. The van der Waals surface area contributed by atoms with E-state index in [9.17, 15) is 9.59 Å². The Balaban J connectivity index is 1.93. The molecular weight excluding hydrogens is 278 g/mol. The maximum Gasteiger partial charge on any atom is 0.305 e. The Morgan fingerprint density at radius 2 is 1.85 bits per heavy atom. The molecule has 1 heterocycles. The highest BCUT2D eigenvalue weighted by molar-refractivity contribution is 8.15. The van der Waals surface area contributed by atoms with Gasteiger partial charge in [0.15, 0.2) is 5.17 Å². The van der Waals surface area contributed by atoms with E-state index in [0.717, 1.165) is 43.2 Å². The molecule has 6 nitrogen and oxygen atoms in total. The predicted octanol–water partition coefficient (Wildman–Crippen LogP) is 2.15. The number of amides is 1. The Kier molecular flexibility index (Phi) is 5.58. The van der Waals surface area contributed by atoms with Crippen LogP contribution in [0.15, 0.2) is 10.2 Å². The number of nitrogens with one attached hydrogen (secondary N) is 1. The van der Waals surface area contributed by atoms with Crippen molar-refractivity contribution in [2.75, 3.05) is 0 Å². The molecule has 1 saturated heterocycles. The van der Waals surface area contributed by atoms with Crippen molar-refractivity contribution in [2.45, 2.75) is 56.6 Å². The zero-order valence-electron chi connectivity index (χ0n) is 11.3. The number of carbonyl (C=O) groups excluding carboxylic acids is 1. The summed E-state index contributed by atoms with van der Waals surface area (Å²) in [6.45, 7) is 0. The van der Waals surface area contributed by atoms with Gasteiger partial charge in [0.2, 0.25) is 5.91 Å². The summed E-state index contributed by atoms with van der Waals surface area (Å²) in [5, 5.41) is 19.4. The molecule has 7 heteroatoms. The fourth-order valence-electron chi connectivity index (χ4n) is 2.27. The Bertz CT molecular complexity index is 438. The number of carbonyl (C=O) groups is 2. The van der Waals surface area contributed by atoms with Gasteiger partial charge in [0.25, 0.3) is 0 Å². The largest absolute Gasteiger partial charge is 0.481 e. The average Bonchev–Trinajstić information content (AvgIpc) is 2.68. The van der Waals surface area contributed by atoms with Gasteiger partial charge in [0.1, 0.15) is 5.25 Å². The highest BCUT2D eigenvalue weighted by atomic mass is 32.2. The molecule has 0 radical (unpaired) electrons. The molecular formula is C13H19N3O3S. The molecule has 0 bridgehead atoms. The zero-order valence-corrected chi connectivity index (χ0v) is 12.1. The molecule has 1 unspecified atom stereocenters. The van der Waals surface area contributed by atoms with Crippen LogP contribution in [0.5, 0.6) is 0 Å². The Hall–Kier alpha value is -1.37. The molecule has 0 aromatic carbocycles. The number of aliphatic carboxylic acids is 1. The third-order valence-corrected chi connectivity index (χ3v) is 4.42. The molecule has 2 aliphatic rings. The number of amidine groups is 1. The highest BCUT2D eigenvalue weighted by Gasteiger charge is 2.32. The fourth-order valence-corrected chi connectivity index (χ4v) is 3.18. The number of thioether (sulfide) groups is 1. The molecule has 110 valence electrons. The van der Waals surface area contributed by atoms with Crippen LogP contribution in [0.2, 0.25) is 0 Å². The Morgan fingerprint density at radius 3 is 2.50 bits per heavy atom. The molecule has 1 aliphatic carbocycles. The van der Waals surface area contributed by atoms with Crippen LogP contribution >= 0.6 is 11.8 Å². The molecule has 1 amide bonds. The van der Waals surface area contributed by atoms with Gasteiger partial charge in [0, 0.05) is 5.71 Å². The van der Waals surface area contributed by atoms with Crippen molar-refractivity contribution in [3.8, 4) is 0 Å². The van der Waals surface area contributed by atoms with Crippen LogP contribution in [-0.2, 0) is 9.59 Å². The van der Waals surface area contributed by atoms with E-state index in [1.165, 1.54) is 19.3 Å². The second-order valence-electron chi connectivity index (χ2n) is 5.03. The summed E-state index contributed by atoms with van der Waals surface area (Å²) in [5.74, 6) is -1.28. The van der Waals surface area contributed by atoms with Crippen LogP contribution in [0, 0.1) is 0 Å². The van der Waals surface area contributed by atoms with Gasteiger partial charge in [-0.2, -0.15) is 5.10 Å². The van der Waals surface area contributed by atoms with Gasteiger partial charge in [-0.15, -0.1) is 5.10 Å². The summed E-state index contributed by atoms with van der Waals surface area (Å²) >= 11 is 1.15. The van der Waals surface area contributed by atoms with Gasteiger partial charge in [-0.25, -0.2) is 0 Å². The molecule has 2 rings (SSSR count). The molecule has 2 N–H and O–H groups in total. The lowest BCUT2D eigenvalue weighted by atomic mass is 9.99. The van der Waals surface area contributed by atoms with Crippen LogP contribution in [0.4, 0.5) is 0 Å². The second-order valence-corrected chi connectivity index (χ2v) is 6.22. The van der Waals surface area contributed by atoms with E-state index in [2.05, 4.69) is 15.5 Å². The lowest BCUT2D eigenvalue weighted by molar-refractivity contribution is -0.138. The molecule has 1 aliphatic heterocycles. The lowest BCUT2D eigenvalue weighted by Crippen LogP contribution is -2.26. The minimum absolute atomic E-state index is 0.188. The van der Waals surface area contributed by atoms with Crippen molar-refractivity contribution in [1.29, 1.82) is 0 Å². The minimum Gasteiger partial charge on any atom is -0.481 e. The number of hydrogen-bond donors (Lipinski definition) is 2. The van der Waals surface area contributed by atoms with Crippen LogP contribution in [0.3, 0.4) is 0 Å². The van der Waals surface area contributed by atoms with E-state index in [0.29, 0.717) is 5.17 Å². The minimum atomic E-state index is -0.981. The van der Waals surface area contributed by atoms with E-state index < -0.39 is 11.2 Å². The summed E-state index contributed by atoms with van der Waals surface area (Å²) < 4.78 is 0. The number of hydrogen-bond acceptors (Lipinski definition) is 5. The van der Waals surface area contributed by atoms with Crippen LogP contribution in [0.25, 0.3) is 0 Å². The van der Waals surface area contributed by atoms with Gasteiger partial charge >= 0.3 is 5.97 Å². The van der Waals surface area contributed by atoms with E-state index in [-0.39, 0.29) is 12.3 Å². The number of nitrogens with zero attached hydrogens (tertiary/aromatic N) is 2. The topological polar surface area (TPSA) is 91.1 Å². The van der Waals surface area contributed by atoms with Crippen molar-refractivity contribution in [3.05, 3.63) is 0 Å². The van der Waals surface area contributed by atoms with Gasteiger partial charge in [-0.05, 0) is 25.7 Å². The maximum absolute atomic E-state index is 11.5. The monoisotopic (exact) mass is 297 g/mol. The Morgan fingerprint density at radius 1 is 1.20 bits per heavy atom. The quantitative estimate of drug-likeness (QED) is 0.781. The normalized spacial score (nSPS) is 26.0. The van der Waals surface area contributed by atoms with Crippen molar-refractivity contribution in [3.63, 3.8) is 0 Å². The third-order valence-electron chi connectivity index (χ3n) is 3.35. The lowest BCUT2D eigenvalue weighted by Gasteiger charge is -2.09. The third kappa shape index (κ3) is 4.63. The molecule has 0 aromatic heterocycles. The first kappa shape index (κ1) is 15.0. The summed E-state index contributed by atoms with van der Waals surface area (Å²) in [6, 6.07) is 0. The van der Waals surface area contributed by atoms with Crippen LogP contribution in [-0.4, -0.2) is 33.1 Å². The number of rotatable bonds is 3. The van der Waals surface area contributed by atoms with Crippen molar-refractivity contribution in [2.24, 2.45) is 10.2 Å². The van der Waals surface area contributed by atoms with Crippen molar-refractivity contribution < 1.29 is 14.7 Å². The summed E-state index contributed by atoms with van der Waals surface area (Å²) in [7, 11) is 0. The summed E-state index contributed by atoms with van der Waals surface area (Å²) in [5.41, 5.74) is 1.08. The number of carboxylic acids is 1. The van der Waals surface area contributed by atoms with Crippen LogP contribution in [0.1, 0.15) is 51.4 Å². The van der Waals surface area contributed by atoms with Crippen LogP contribution < -0.4 is 5.32 Å². The molecule has 1 saturated carbocycles. The van der Waals surface area contributed by atoms with Crippen molar-refractivity contribution >= 4 is 34.5 Å². The molecule has 20 heavy (non-hydrogen) atoms. The summed E-state index contributed by atoms with van der Waals surface area (Å²) in [6.07, 6.45) is 7.80. The average molecular weight is 297 g/mol. The molecule has 0 aromatic rings. The first-order chi connectivity index (χ1) is 9.65. The summed E-state index contributed by atoms with van der Waals surface area (Å²) in [4.78, 5) is 22.2. The molecule has 0 spiro atoms. The van der Waals surface area contributed by atoms with E-state index in [1.54, 1.807) is 0 Å². The molecule has 2 fully saturated rings. The van der Waals surface area contributed by atoms with Gasteiger partial charge in [0.05, 0.1) is 6.42 Å². The van der Waals surface area contributed by atoms with Gasteiger partial charge in [-0.3, -0.25) is 9.59 Å². The first-order valence-electron chi connectivity index (χ1n) is 6.98. The predicted molar refractivity (Wildman–Crippen MR) is 79.0 cm³/mol. The zero-order chi connectivity index (χ0) is 14.4. The standard InChI is InChI=1S/C13H19N3O3S/c17-11(18)8-10-12(19)14-13(20-10)16-15-9-6-4-2-1-3-5-7-9/h10H,1-8H2,(H,17,18)(H,14,16,19). The SMILES string of the molecule is O=C(O)CC1SC(=NN=C2CCCCCCC2)NC1=O. The van der Waals surface area contributed by atoms with Crippen molar-refractivity contribution in [1.82, 2.24) is 5.32 Å². The van der Waals surface area contributed by atoms with Gasteiger partial charge in [-0.1, -0.05) is 31.0 Å². The smallest absolute Gasteiger partial charge is 0.305 e. The van der Waals surface area contributed by atoms with E-state index >= 15 is 0 Å².